The third kappa shape index (κ3) is 6.73. The SMILES string of the molecule is O=C(NCc1ccc(CN2CCCC2)cc1)[C@@H]1CCCN(S(=O)(=O)Cc2ccc(Cl)cc2Cl)C1. The summed E-state index contributed by atoms with van der Waals surface area (Å²) in [6.07, 6.45) is 3.88. The van der Waals surface area contributed by atoms with E-state index in [0.29, 0.717) is 41.5 Å². The molecule has 0 saturated carbocycles. The van der Waals surface area contributed by atoms with E-state index < -0.39 is 10.0 Å². The fourth-order valence-electron chi connectivity index (χ4n) is 4.63. The third-order valence-corrected chi connectivity index (χ3v) is 8.98. The summed E-state index contributed by atoms with van der Waals surface area (Å²) in [7, 11) is -3.60. The van der Waals surface area contributed by atoms with Gasteiger partial charge in [0.1, 0.15) is 0 Å². The molecule has 4 rings (SSSR count). The predicted molar refractivity (Wildman–Crippen MR) is 136 cm³/mol. The third-order valence-electron chi connectivity index (χ3n) is 6.60. The summed E-state index contributed by atoms with van der Waals surface area (Å²) in [5.41, 5.74) is 2.83. The Hall–Kier alpha value is -1.64. The molecule has 184 valence electrons. The molecule has 2 heterocycles. The molecule has 0 radical (unpaired) electrons. The lowest BCUT2D eigenvalue weighted by molar-refractivity contribution is -0.126. The molecule has 1 N–H and O–H groups in total. The summed E-state index contributed by atoms with van der Waals surface area (Å²) in [5, 5.41) is 3.78. The lowest BCUT2D eigenvalue weighted by Gasteiger charge is -2.31. The molecule has 2 aliphatic heterocycles. The monoisotopic (exact) mass is 523 g/mol. The number of hydrogen-bond donors (Lipinski definition) is 1. The minimum Gasteiger partial charge on any atom is -0.352 e. The number of halogens is 2. The maximum atomic E-state index is 13.0. The Kier molecular flexibility index (Phi) is 8.53. The number of benzene rings is 2. The van der Waals surface area contributed by atoms with Gasteiger partial charge in [-0.1, -0.05) is 53.5 Å². The fraction of sp³-hybridized carbons (Fsp3) is 0.480. The Morgan fingerprint density at radius 1 is 0.971 bits per heavy atom. The van der Waals surface area contributed by atoms with Gasteiger partial charge in [-0.2, -0.15) is 0 Å². The summed E-state index contributed by atoms with van der Waals surface area (Å²) < 4.78 is 27.4. The van der Waals surface area contributed by atoms with Gasteiger partial charge in [-0.3, -0.25) is 9.69 Å². The summed E-state index contributed by atoms with van der Waals surface area (Å²) >= 11 is 12.1. The highest BCUT2D eigenvalue weighted by molar-refractivity contribution is 7.88. The zero-order valence-electron chi connectivity index (χ0n) is 19.2. The van der Waals surface area contributed by atoms with E-state index >= 15 is 0 Å². The topological polar surface area (TPSA) is 69.7 Å². The zero-order valence-corrected chi connectivity index (χ0v) is 21.5. The van der Waals surface area contributed by atoms with Crippen LogP contribution in [0.2, 0.25) is 10.0 Å². The molecule has 2 aliphatic rings. The fourth-order valence-corrected chi connectivity index (χ4v) is 6.83. The van der Waals surface area contributed by atoms with E-state index in [0.717, 1.165) is 12.1 Å². The van der Waals surface area contributed by atoms with Crippen molar-refractivity contribution in [3.63, 3.8) is 0 Å². The van der Waals surface area contributed by atoms with Crippen LogP contribution in [-0.4, -0.2) is 49.7 Å². The Bertz CT molecular complexity index is 1100. The van der Waals surface area contributed by atoms with Gasteiger partial charge in [-0.25, -0.2) is 12.7 Å². The minimum absolute atomic E-state index is 0.106. The van der Waals surface area contributed by atoms with Crippen molar-refractivity contribution >= 4 is 39.1 Å². The number of piperidine rings is 1. The van der Waals surface area contributed by atoms with E-state index in [1.165, 1.54) is 35.8 Å². The van der Waals surface area contributed by atoms with Gasteiger partial charge in [0.05, 0.1) is 11.7 Å². The highest BCUT2D eigenvalue weighted by Gasteiger charge is 2.32. The lowest BCUT2D eigenvalue weighted by Crippen LogP contribution is -2.45. The van der Waals surface area contributed by atoms with E-state index in [2.05, 4.69) is 34.5 Å². The second kappa shape index (κ2) is 11.4. The van der Waals surface area contributed by atoms with Crippen molar-refractivity contribution in [3.8, 4) is 0 Å². The quantitative estimate of drug-likeness (QED) is 0.554. The van der Waals surface area contributed by atoms with Gasteiger partial charge in [0.2, 0.25) is 15.9 Å². The summed E-state index contributed by atoms with van der Waals surface area (Å²) in [5.74, 6) is -0.676. The van der Waals surface area contributed by atoms with E-state index in [1.807, 2.05) is 0 Å². The average molecular weight is 525 g/mol. The average Bonchev–Trinajstić information content (AvgIpc) is 3.33. The molecule has 34 heavy (non-hydrogen) atoms. The first-order valence-electron chi connectivity index (χ1n) is 11.8. The molecule has 2 saturated heterocycles. The van der Waals surface area contributed by atoms with Gasteiger partial charge in [0.25, 0.3) is 0 Å². The van der Waals surface area contributed by atoms with Crippen LogP contribution in [0, 0.1) is 5.92 Å². The van der Waals surface area contributed by atoms with Crippen molar-refractivity contribution in [1.29, 1.82) is 0 Å². The molecule has 0 bridgehead atoms. The van der Waals surface area contributed by atoms with Crippen molar-refractivity contribution in [2.45, 2.75) is 44.5 Å². The largest absolute Gasteiger partial charge is 0.352 e. The molecular formula is C25H31Cl2N3O3S. The van der Waals surface area contributed by atoms with Gasteiger partial charge >= 0.3 is 0 Å². The Balaban J connectivity index is 1.29. The Labute approximate surface area is 212 Å². The van der Waals surface area contributed by atoms with Crippen molar-refractivity contribution in [3.05, 3.63) is 69.2 Å². The maximum absolute atomic E-state index is 13.0. The zero-order chi connectivity index (χ0) is 24.1. The molecule has 2 aromatic rings. The van der Waals surface area contributed by atoms with Crippen LogP contribution in [0.1, 0.15) is 42.4 Å². The first kappa shape index (κ1) is 25.5. The maximum Gasteiger partial charge on any atom is 0.224 e. The molecule has 0 aromatic heterocycles. The van der Waals surface area contributed by atoms with Gasteiger partial charge in [-0.15, -0.1) is 0 Å². The van der Waals surface area contributed by atoms with Crippen LogP contribution in [0.5, 0.6) is 0 Å². The second-order valence-electron chi connectivity index (χ2n) is 9.21. The van der Waals surface area contributed by atoms with Crippen LogP contribution in [-0.2, 0) is 33.7 Å². The Morgan fingerprint density at radius 2 is 1.68 bits per heavy atom. The molecule has 2 aromatic carbocycles. The first-order valence-corrected chi connectivity index (χ1v) is 14.2. The normalized spacial score (nSPS) is 19.9. The van der Waals surface area contributed by atoms with Gasteiger partial charge in [-0.05, 0) is 67.6 Å². The predicted octanol–water partition coefficient (Wildman–Crippen LogP) is 4.45. The Morgan fingerprint density at radius 3 is 2.38 bits per heavy atom. The van der Waals surface area contributed by atoms with E-state index in [4.69, 9.17) is 23.2 Å². The number of carbonyl (C=O) groups is 1. The van der Waals surface area contributed by atoms with Crippen LogP contribution in [0.15, 0.2) is 42.5 Å². The van der Waals surface area contributed by atoms with E-state index in [-0.39, 0.29) is 24.1 Å². The minimum atomic E-state index is -3.60. The summed E-state index contributed by atoms with van der Waals surface area (Å²) in [6.45, 7) is 4.34. The highest BCUT2D eigenvalue weighted by Crippen LogP contribution is 2.26. The number of nitrogens with one attached hydrogen (secondary N) is 1. The molecule has 1 atom stereocenters. The molecule has 9 heteroatoms. The number of sulfonamides is 1. The molecule has 0 unspecified atom stereocenters. The summed E-state index contributed by atoms with van der Waals surface area (Å²) in [6, 6.07) is 13.2. The van der Waals surface area contributed by atoms with Crippen molar-refractivity contribution < 1.29 is 13.2 Å². The van der Waals surface area contributed by atoms with Gasteiger partial charge in [0, 0.05) is 36.2 Å². The van der Waals surface area contributed by atoms with E-state index in [9.17, 15) is 13.2 Å². The smallest absolute Gasteiger partial charge is 0.224 e. The highest BCUT2D eigenvalue weighted by atomic mass is 35.5. The molecule has 0 aliphatic carbocycles. The number of hydrogen-bond acceptors (Lipinski definition) is 4. The number of amides is 1. The number of likely N-dealkylation sites (tertiary alicyclic amines) is 1. The van der Waals surface area contributed by atoms with Gasteiger partial charge in [0.15, 0.2) is 0 Å². The van der Waals surface area contributed by atoms with Crippen molar-refractivity contribution in [2.24, 2.45) is 5.92 Å². The number of rotatable bonds is 8. The molecule has 1 amide bonds. The first-order chi connectivity index (χ1) is 16.3. The molecule has 0 spiro atoms. The standard InChI is InChI=1S/C25H31Cl2N3O3S/c26-23-10-9-22(24(27)14-23)18-34(32,33)30-13-3-4-21(17-30)25(31)28-15-19-5-7-20(8-6-19)16-29-11-1-2-12-29/h5-10,14,21H,1-4,11-13,15-18H2,(H,28,31)/t21-/m1/s1. The van der Waals surface area contributed by atoms with Crippen LogP contribution in [0.25, 0.3) is 0 Å². The van der Waals surface area contributed by atoms with Crippen LogP contribution in [0.3, 0.4) is 0 Å². The van der Waals surface area contributed by atoms with E-state index in [1.54, 1.807) is 18.2 Å². The van der Waals surface area contributed by atoms with Crippen molar-refractivity contribution in [2.75, 3.05) is 26.2 Å². The number of carbonyl (C=O) groups excluding carboxylic acids is 1. The molecule has 6 nitrogen and oxygen atoms in total. The molecule has 2 fully saturated rings. The summed E-state index contributed by atoms with van der Waals surface area (Å²) in [4.78, 5) is 15.3. The van der Waals surface area contributed by atoms with Gasteiger partial charge < -0.3 is 5.32 Å². The number of nitrogens with zero attached hydrogens (tertiary/aromatic N) is 2. The van der Waals surface area contributed by atoms with Crippen molar-refractivity contribution in [1.82, 2.24) is 14.5 Å². The van der Waals surface area contributed by atoms with Crippen LogP contribution < -0.4 is 5.32 Å². The second-order valence-corrected chi connectivity index (χ2v) is 12.0. The lowest BCUT2D eigenvalue weighted by atomic mass is 9.98. The molecular weight excluding hydrogens is 493 g/mol. The van der Waals surface area contributed by atoms with Crippen LogP contribution >= 0.6 is 23.2 Å². The van der Waals surface area contributed by atoms with Crippen LogP contribution in [0.4, 0.5) is 0 Å².